The van der Waals surface area contributed by atoms with E-state index in [-0.39, 0.29) is 23.4 Å². The Labute approximate surface area is 215 Å². The molecule has 0 N–H and O–H groups in total. The fourth-order valence-corrected chi connectivity index (χ4v) is 5.41. The number of carbonyl (C=O) groups excluding carboxylic acids is 2. The third kappa shape index (κ3) is 5.14. The molecule has 5 rings (SSSR count). The van der Waals surface area contributed by atoms with Crippen LogP contribution >= 0.6 is 23.2 Å². The number of pyridine rings is 1. The molecule has 0 radical (unpaired) electrons. The molecular formula is C27H26Cl2N4O2. The van der Waals surface area contributed by atoms with Gasteiger partial charge in [0.15, 0.2) is 0 Å². The van der Waals surface area contributed by atoms with Crippen LogP contribution in [0.1, 0.15) is 28.8 Å². The van der Waals surface area contributed by atoms with E-state index >= 15 is 0 Å². The molecule has 2 aromatic carbocycles. The van der Waals surface area contributed by atoms with Crippen molar-refractivity contribution in [2.75, 3.05) is 36.0 Å². The van der Waals surface area contributed by atoms with E-state index in [0.29, 0.717) is 29.6 Å². The van der Waals surface area contributed by atoms with Crippen LogP contribution in [0.15, 0.2) is 67.0 Å². The number of fused-ring (bicyclic) bond motifs is 1. The number of carbonyl (C=O) groups is 2. The van der Waals surface area contributed by atoms with E-state index in [4.69, 9.17) is 23.2 Å². The Kier molecular flexibility index (Phi) is 6.93. The number of halogens is 2. The second kappa shape index (κ2) is 10.3. The molecule has 3 heterocycles. The molecular weight excluding hydrogens is 483 g/mol. The predicted molar refractivity (Wildman–Crippen MR) is 139 cm³/mol. The van der Waals surface area contributed by atoms with Crippen LogP contribution in [-0.2, 0) is 11.3 Å². The van der Waals surface area contributed by atoms with Crippen molar-refractivity contribution < 1.29 is 9.59 Å². The second-order valence-electron chi connectivity index (χ2n) is 9.05. The van der Waals surface area contributed by atoms with Gasteiger partial charge in [0.05, 0.1) is 10.6 Å². The lowest BCUT2D eigenvalue weighted by atomic mass is 9.95. The predicted octanol–water partition coefficient (Wildman–Crippen LogP) is 5.29. The summed E-state index contributed by atoms with van der Waals surface area (Å²) in [6.07, 6.45) is 5.63. The summed E-state index contributed by atoms with van der Waals surface area (Å²) >= 11 is 12.3. The monoisotopic (exact) mass is 508 g/mol. The van der Waals surface area contributed by atoms with Crippen molar-refractivity contribution in [3.63, 3.8) is 0 Å². The quantitative estimate of drug-likeness (QED) is 0.480. The van der Waals surface area contributed by atoms with Gasteiger partial charge in [-0.1, -0.05) is 41.4 Å². The van der Waals surface area contributed by atoms with Crippen molar-refractivity contribution in [2.45, 2.75) is 19.4 Å². The van der Waals surface area contributed by atoms with Gasteiger partial charge in [0.25, 0.3) is 5.91 Å². The molecule has 8 heteroatoms. The van der Waals surface area contributed by atoms with Crippen molar-refractivity contribution in [3.05, 3.63) is 88.2 Å². The topological polar surface area (TPSA) is 56.8 Å². The van der Waals surface area contributed by atoms with Crippen LogP contribution in [0, 0.1) is 5.92 Å². The number of hydrogen-bond acceptors (Lipinski definition) is 4. The number of rotatable bonds is 4. The molecule has 1 aromatic heterocycles. The first-order valence-corrected chi connectivity index (χ1v) is 12.5. The minimum absolute atomic E-state index is 0.00231. The summed E-state index contributed by atoms with van der Waals surface area (Å²) in [4.78, 5) is 36.7. The Morgan fingerprint density at radius 2 is 1.71 bits per heavy atom. The average molecular weight is 509 g/mol. The molecule has 0 unspecified atom stereocenters. The number of nitrogens with zero attached hydrogens (tertiary/aromatic N) is 4. The van der Waals surface area contributed by atoms with Gasteiger partial charge in [-0.15, -0.1) is 0 Å². The lowest BCUT2D eigenvalue weighted by molar-refractivity contribution is -0.119. The number of anilines is 2. The number of aromatic nitrogens is 1. The van der Waals surface area contributed by atoms with Crippen LogP contribution in [0.25, 0.3) is 0 Å². The maximum atomic E-state index is 13.5. The van der Waals surface area contributed by atoms with Crippen molar-refractivity contribution >= 4 is 46.4 Å². The minimum Gasteiger partial charge on any atom is -0.371 e. The van der Waals surface area contributed by atoms with Gasteiger partial charge in [-0.25, -0.2) is 0 Å². The molecule has 6 nitrogen and oxygen atoms in total. The number of hydrogen-bond donors (Lipinski definition) is 0. The maximum Gasteiger partial charge on any atom is 0.256 e. The molecule has 0 aliphatic carbocycles. The fraction of sp³-hybridized carbons (Fsp3) is 0.296. The SMILES string of the molecule is O=C(c1ccc(Cl)cc1Cl)N1CC(=O)N(CC2CCN(c3ccncc3)CC2)c2ccccc2C1. The highest BCUT2D eigenvalue weighted by Gasteiger charge is 2.32. The van der Waals surface area contributed by atoms with Gasteiger partial charge in [-0.05, 0) is 60.7 Å². The largest absolute Gasteiger partial charge is 0.371 e. The van der Waals surface area contributed by atoms with E-state index in [1.165, 1.54) is 5.69 Å². The van der Waals surface area contributed by atoms with Gasteiger partial charge >= 0.3 is 0 Å². The minimum atomic E-state index is -0.276. The van der Waals surface area contributed by atoms with E-state index < -0.39 is 0 Å². The number of para-hydroxylation sites is 1. The van der Waals surface area contributed by atoms with Gasteiger partial charge in [0, 0.05) is 55.0 Å². The van der Waals surface area contributed by atoms with Crippen molar-refractivity contribution in [3.8, 4) is 0 Å². The Morgan fingerprint density at radius 1 is 0.971 bits per heavy atom. The number of benzene rings is 2. The molecule has 1 saturated heterocycles. The fourth-order valence-electron chi connectivity index (χ4n) is 4.92. The summed E-state index contributed by atoms with van der Waals surface area (Å²) in [6, 6.07) is 16.7. The van der Waals surface area contributed by atoms with Gasteiger partial charge in [0.2, 0.25) is 5.91 Å². The summed E-state index contributed by atoms with van der Waals surface area (Å²) in [7, 11) is 0. The molecule has 3 aromatic rings. The highest BCUT2D eigenvalue weighted by molar-refractivity contribution is 6.36. The Balaban J connectivity index is 1.33. The Hall–Kier alpha value is -3.09. The van der Waals surface area contributed by atoms with E-state index in [0.717, 1.165) is 37.2 Å². The second-order valence-corrected chi connectivity index (χ2v) is 9.90. The van der Waals surface area contributed by atoms with Gasteiger partial charge < -0.3 is 14.7 Å². The van der Waals surface area contributed by atoms with Crippen molar-refractivity contribution in [1.82, 2.24) is 9.88 Å². The average Bonchev–Trinajstić information content (AvgIpc) is 3.01. The summed E-state index contributed by atoms with van der Waals surface area (Å²) in [5.41, 5.74) is 3.36. The van der Waals surface area contributed by atoms with Gasteiger partial charge in [-0.2, -0.15) is 0 Å². The third-order valence-corrected chi connectivity index (χ3v) is 7.35. The lowest BCUT2D eigenvalue weighted by Gasteiger charge is -2.36. The number of amides is 2. The first-order valence-electron chi connectivity index (χ1n) is 11.8. The summed E-state index contributed by atoms with van der Waals surface area (Å²) in [5, 5.41) is 0.746. The smallest absolute Gasteiger partial charge is 0.256 e. The van der Waals surface area contributed by atoms with Gasteiger partial charge in [0.1, 0.15) is 6.54 Å². The number of piperidine rings is 1. The zero-order valence-corrected chi connectivity index (χ0v) is 20.8. The molecule has 0 atom stereocenters. The molecule has 2 amide bonds. The van der Waals surface area contributed by atoms with Gasteiger partial charge in [-0.3, -0.25) is 14.6 Å². The van der Waals surface area contributed by atoms with Crippen LogP contribution < -0.4 is 9.80 Å². The van der Waals surface area contributed by atoms with Crippen molar-refractivity contribution in [1.29, 1.82) is 0 Å². The first-order chi connectivity index (χ1) is 17.0. The molecule has 0 bridgehead atoms. The molecule has 2 aliphatic heterocycles. The zero-order valence-electron chi connectivity index (χ0n) is 19.2. The molecule has 0 saturated carbocycles. The van der Waals surface area contributed by atoms with E-state index in [1.807, 2.05) is 53.7 Å². The summed E-state index contributed by atoms with van der Waals surface area (Å²) in [6.45, 7) is 2.87. The summed E-state index contributed by atoms with van der Waals surface area (Å²) in [5.74, 6) is 0.0327. The molecule has 0 spiro atoms. The Bertz CT molecular complexity index is 1230. The first kappa shape index (κ1) is 23.6. The van der Waals surface area contributed by atoms with Crippen molar-refractivity contribution in [2.24, 2.45) is 5.92 Å². The highest BCUT2D eigenvalue weighted by atomic mass is 35.5. The molecule has 2 aliphatic rings. The standard InChI is InChI=1S/C27H26Cl2N4O2/c28-21-5-6-23(24(29)15-21)27(35)32-17-20-3-1-2-4-25(20)33(26(34)18-32)16-19-9-13-31(14-10-19)22-7-11-30-12-8-22/h1-8,11-12,15,19H,9-10,13-14,16-18H2. The van der Waals surface area contributed by atoms with Crippen LogP contribution in [-0.4, -0.2) is 47.9 Å². The maximum absolute atomic E-state index is 13.5. The lowest BCUT2D eigenvalue weighted by Crippen LogP contribution is -2.44. The van der Waals surface area contributed by atoms with Crippen LogP contribution in [0.2, 0.25) is 10.0 Å². The summed E-state index contributed by atoms with van der Waals surface area (Å²) < 4.78 is 0. The highest BCUT2D eigenvalue weighted by Crippen LogP contribution is 2.31. The third-order valence-electron chi connectivity index (χ3n) is 6.80. The van der Waals surface area contributed by atoms with Crippen LogP contribution in [0.4, 0.5) is 11.4 Å². The Morgan fingerprint density at radius 3 is 2.46 bits per heavy atom. The molecule has 180 valence electrons. The van der Waals surface area contributed by atoms with E-state index in [2.05, 4.69) is 9.88 Å². The molecule has 35 heavy (non-hydrogen) atoms. The van der Waals surface area contributed by atoms with Crippen LogP contribution in [0.5, 0.6) is 0 Å². The van der Waals surface area contributed by atoms with E-state index in [1.54, 1.807) is 23.1 Å². The van der Waals surface area contributed by atoms with Crippen LogP contribution in [0.3, 0.4) is 0 Å². The zero-order chi connectivity index (χ0) is 24.4. The van der Waals surface area contributed by atoms with E-state index in [9.17, 15) is 9.59 Å². The molecule has 1 fully saturated rings. The normalized spacial score (nSPS) is 16.7.